The Morgan fingerprint density at radius 1 is 1.39 bits per heavy atom. The summed E-state index contributed by atoms with van der Waals surface area (Å²) in [6.07, 6.45) is 1.76. The third-order valence-corrected chi connectivity index (χ3v) is 3.00. The number of benzene rings is 1. The molecule has 5 nitrogen and oxygen atoms in total. The van der Waals surface area contributed by atoms with Crippen molar-refractivity contribution in [2.75, 3.05) is 11.4 Å². The molecule has 0 aliphatic carbocycles. The Morgan fingerprint density at radius 2 is 2.17 bits per heavy atom. The molecule has 0 unspecified atom stereocenters. The molecule has 1 heterocycles. The minimum absolute atomic E-state index is 0.167. The first-order valence-electron chi connectivity index (χ1n) is 5.81. The lowest BCUT2D eigenvalue weighted by atomic mass is 9.97. The maximum absolute atomic E-state index is 11.7. The molecule has 0 spiro atoms. The van der Waals surface area contributed by atoms with E-state index >= 15 is 0 Å². The molecule has 18 heavy (non-hydrogen) atoms. The van der Waals surface area contributed by atoms with E-state index in [1.54, 1.807) is 6.07 Å². The monoisotopic (exact) mass is 246 g/mol. The summed E-state index contributed by atoms with van der Waals surface area (Å²) in [5.74, 6) is -1.14. The predicted molar refractivity (Wildman–Crippen MR) is 66.1 cm³/mol. The molecule has 0 bridgehead atoms. The maximum Gasteiger partial charge on any atom is 0.297 e. The number of aryl methyl sites for hydroxylation is 1. The van der Waals surface area contributed by atoms with E-state index in [2.05, 4.69) is 0 Å². The second-order valence-electron chi connectivity index (χ2n) is 4.19. The molecule has 1 aromatic carbocycles. The zero-order valence-corrected chi connectivity index (χ0v) is 9.89. The number of hydrogen-bond donors (Lipinski definition) is 1. The molecular formula is C13H14N2O3. The van der Waals surface area contributed by atoms with E-state index in [0.717, 1.165) is 22.4 Å². The number of nitrogens with two attached hydrogens (primary N) is 1. The van der Waals surface area contributed by atoms with Crippen molar-refractivity contribution in [3.63, 3.8) is 0 Å². The molecule has 2 N–H and O–H groups in total. The van der Waals surface area contributed by atoms with Crippen molar-refractivity contribution in [2.24, 2.45) is 5.73 Å². The summed E-state index contributed by atoms with van der Waals surface area (Å²) in [5.41, 5.74) is 7.99. The number of hydrogen-bond acceptors (Lipinski definition) is 4. The van der Waals surface area contributed by atoms with Gasteiger partial charge in [-0.15, -0.1) is 0 Å². The number of amides is 2. The average Bonchev–Trinajstić information content (AvgIpc) is 2.38. The first-order valence-corrected chi connectivity index (χ1v) is 5.81. The topological polar surface area (TPSA) is 80.5 Å². The zero-order chi connectivity index (χ0) is 13.1. The lowest BCUT2D eigenvalue weighted by molar-refractivity contribution is -0.133. The summed E-state index contributed by atoms with van der Waals surface area (Å²) in [6, 6.07) is 5.48. The fourth-order valence-corrected chi connectivity index (χ4v) is 2.16. The standard InChI is InChI=1S/C13H14N2O3/c14-6-5-9-1-3-11-10(7-9)2-4-12(17)15(11)13(18)8-16/h1,3,7-8H,2,4-6,14H2. The van der Waals surface area contributed by atoms with Gasteiger partial charge in [0.25, 0.3) is 5.91 Å². The van der Waals surface area contributed by atoms with Crippen molar-refractivity contribution >= 4 is 23.8 Å². The van der Waals surface area contributed by atoms with Crippen LogP contribution in [0.1, 0.15) is 17.5 Å². The molecule has 0 fully saturated rings. The third kappa shape index (κ3) is 2.17. The summed E-state index contributed by atoms with van der Waals surface area (Å²) in [7, 11) is 0. The van der Waals surface area contributed by atoms with Gasteiger partial charge in [0.2, 0.25) is 12.2 Å². The Kier molecular flexibility index (Phi) is 3.53. The number of aldehydes is 1. The Hall–Kier alpha value is -2.01. The number of fused-ring (bicyclic) bond motifs is 1. The molecule has 5 heteroatoms. The molecule has 1 aliphatic heterocycles. The van der Waals surface area contributed by atoms with Gasteiger partial charge in [0.1, 0.15) is 0 Å². The molecule has 94 valence electrons. The van der Waals surface area contributed by atoms with Crippen LogP contribution in [0.5, 0.6) is 0 Å². The highest BCUT2D eigenvalue weighted by Gasteiger charge is 2.29. The number of imide groups is 1. The molecule has 0 aromatic heterocycles. The largest absolute Gasteiger partial charge is 0.330 e. The Morgan fingerprint density at radius 3 is 2.83 bits per heavy atom. The summed E-state index contributed by atoms with van der Waals surface area (Å²) in [4.78, 5) is 34.7. The fraction of sp³-hybridized carbons (Fsp3) is 0.308. The van der Waals surface area contributed by atoms with Gasteiger partial charge in [-0.1, -0.05) is 12.1 Å². The van der Waals surface area contributed by atoms with Crippen LogP contribution in [0, 0.1) is 0 Å². The van der Waals surface area contributed by atoms with Crippen LogP contribution in [-0.4, -0.2) is 24.6 Å². The normalized spacial score (nSPS) is 14.3. The van der Waals surface area contributed by atoms with Crippen molar-refractivity contribution in [1.29, 1.82) is 0 Å². The van der Waals surface area contributed by atoms with Crippen LogP contribution in [0.2, 0.25) is 0 Å². The van der Waals surface area contributed by atoms with Crippen LogP contribution in [0.3, 0.4) is 0 Å². The van der Waals surface area contributed by atoms with Crippen molar-refractivity contribution in [3.05, 3.63) is 29.3 Å². The number of rotatable bonds is 3. The number of carbonyl (C=O) groups is 3. The molecule has 0 atom stereocenters. The van der Waals surface area contributed by atoms with Crippen LogP contribution >= 0.6 is 0 Å². The molecular weight excluding hydrogens is 232 g/mol. The second kappa shape index (κ2) is 5.10. The highest BCUT2D eigenvalue weighted by Crippen LogP contribution is 2.28. The second-order valence-corrected chi connectivity index (χ2v) is 4.19. The molecule has 2 rings (SSSR count). The van der Waals surface area contributed by atoms with Crippen LogP contribution in [-0.2, 0) is 27.2 Å². The van der Waals surface area contributed by atoms with Crippen LogP contribution in [0.25, 0.3) is 0 Å². The van der Waals surface area contributed by atoms with Gasteiger partial charge < -0.3 is 5.73 Å². The van der Waals surface area contributed by atoms with E-state index in [-0.39, 0.29) is 18.6 Å². The summed E-state index contributed by atoms with van der Waals surface area (Å²) in [5, 5.41) is 0. The van der Waals surface area contributed by atoms with Gasteiger partial charge in [0, 0.05) is 6.42 Å². The van der Waals surface area contributed by atoms with Gasteiger partial charge in [-0.3, -0.25) is 14.4 Å². The number of nitrogens with zero attached hydrogens (tertiary/aromatic N) is 1. The zero-order valence-electron chi connectivity index (χ0n) is 9.89. The number of carbonyl (C=O) groups excluding carboxylic acids is 3. The molecule has 0 saturated heterocycles. The van der Waals surface area contributed by atoms with E-state index in [0.29, 0.717) is 18.7 Å². The predicted octanol–water partition coefficient (Wildman–Crippen LogP) is 0.192. The summed E-state index contributed by atoms with van der Waals surface area (Å²) < 4.78 is 0. The van der Waals surface area contributed by atoms with E-state index in [9.17, 15) is 14.4 Å². The van der Waals surface area contributed by atoms with Gasteiger partial charge in [-0.05, 0) is 36.6 Å². The van der Waals surface area contributed by atoms with E-state index in [1.807, 2.05) is 12.1 Å². The van der Waals surface area contributed by atoms with Gasteiger partial charge in [0.05, 0.1) is 5.69 Å². The Balaban J connectivity index is 2.41. The minimum Gasteiger partial charge on any atom is -0.330 e. The minimum atomic E-state index is -0.812. The van der Waals surface area contributed by atoms with Gasteiger partial charge >= 0.3 is 0 Å². The Bertz CT molecular complexity index is 511. The SMILES string of the molecule is NCCc1ccc2c(c1)CCC(=O)N2C(=O)C=O. The van der Waals surface area contributed by atoms with Crippen molar-refractivity contribution in [1.82, 2.24) is 0 Å². The lowest BCUT2D eigenvalue weighted by Gasteiger charge is -2.26. The quantitative estimate of drug-likeness (QED) is 0.610. The molecule has 2 amide bonds. The molecule has 0 radical (unpaired) electrons. The first kappa shape index (κ1) is 12.4. The van der Waals surface area contributed by atoms with Gasteiger partial charge in [-0.25, -0.2) is 4.90 Å². The highest BCUT2D eigenvalue weighted by molar-refractivity contribution is 6.38. The van der Waals surface area contributed by atoms with Crippen molar-refractivity contribution in [3.8, 4) is 0 Å². The smallest absolute Gasteiger partial charge is 0.297 e. The van der Waals surface area contributed by atoms with Gasteiger partial charge in [0.15, 0.2) is 0 Å². The molecule has 1 aliphatic rings. The maximum atomic E-state index is 11.7. The van der Waals surface area contributed by atoms with Crippen LogP contribution in [0.4, 0.5) is 5.69 Å². The lowest BCUT2D eigenvalue weighted by Crippen LogP contribution is -2.40. The summed E-state index contributed by atoms with van der Waals surface area (Å²) >= 11 is 0. The van der Waals surface area contributed by atoms with Crippen LogP contribution in [0.15, 0.2) is 18.2 Å². The van der Waals surface area contributed by atoms with E-state index < -0.39 is 5.91 Å². The Labute approximate surface area is 105 Å². The summed E-state index contributed by atoms with van der Waals surface area (Å²) in [6.45, 7) is 0.550. The third-order valence-electron chi connectivity index (χ3n) is 3.00. The first-order chi connectivity index (χ1) is 8.67. The van der Waals surface area contributed by atoms with E-state index in [4.69, 9.17) is 5.73 Å². The molecule has 1 aromatic rings. The highest BCUT2D eigenvalue weighted by atomic mass is 16.2. The van der Waals surface area contributed by atoms with Crippen LogP contribution < -0.4 is 10.6 Å². The molecule has 0 saturated carbocycles. The fourth-order valence-electron chi connectivity index (χ4n) is 2.16. The average molecular weight is 246 g/mol. The van der Waals surface area contributed by atoms with E-state index in [1.165, 1.54) is 0 Å². The number of anilines is 1. The van der Waals surface area contributed by atoms with Gasteiger partial charge in [-0.2, -0.15) is 0 Å². The van der Waals surface area contributed by atoms with Crippen molar-refractivity contribution in [2.45, 2.75) is 19.3 Å². The van der Waals surface area contributed by atoms with Crippen molar-refractivity contribution < 1.29 is 14.4 Å².